The predicted molar refractivity (Wildman–Crippen MR) is 89.7 cm³/mol. The number of nitrogens with one attached hydrogen (secondary N) is 1. The van der Waals surface area contributed by atoms with E-state index in [9.17, 15) is 0 Å². The number of hydrogen-bond acceptors (Lipinski definition) is 3. The van der Waals surface area contributed by atoms with E-state index in [1.54, 1.807) is 0 Å². The molecule has 1 aliphatic carbocycles. The van der Waals surface area contributed by atoms with Crippen LogP contribution in [-0.2, 0) is 4.74 Å². The molecule has 3 nitrogen and oxygen atoms in total. The van der Waals surface area contributed by atoms with Crippen LogP contribution in [-0.4, -0.2) is 49.3 Å². The number of ether oxygens (including phenoxy) is 1. The van der Waals surface area contributed by atoms with Crippen LogP contribution < -0.4 is 5.32 Å². The van der Waals surface area contributed by atoms with Crippen LogP contribution in [0.4, 0.5) is 0 Å². The first-order chi connectivity index (χ1) is 10.1. The van der Waals surface area contributed by atoms with Gasteiger partial charge in [-0.25, -0.2) is 0 Å². The van der Waals surface area contributed by atoms with Gasteiger partial charge in [0.05, 0.1) is 12.7 Å². The summed E-state index contributed by atoms with van der Waals surface area (Å²) >= 11 is 0. The van der Waals surface area contributed by atoms with Crippen LogP contribution in [0.3, 0.4) is 0 Å². The summed E-state index contributed by atoms with van der Waals surface area (Å²) in [7, 11) is 0. The zero-order chi connectivity index (χ0) is 15.2. The van der Waals surface area contributed by atoms with Crippen molar-refractivity contribution in [3.63, 3.8) is 0 Å². The Labute approximate surface area is 131 Å². The second-order valence-electron chi connectivity index (χ2n) is 7.51. The summed E-state index contributed by atoms with van der Waals surface area (Å²) in [6.45, 7) is 13.5. The first-order valence-electron chi connectivity index (χ1n) is 9.20. The Morgan fingerprint density at radius 3 is 2.76 bits per heavy atom. The molecule has 2 rings (SSSR count). The zero-order valence-corrected chi connectivity index (χ0v) is 14.6. The Bertz CT molecular complexity index is 295. The maximum Gasteiger partial charge on any atom is 0.0858 e. The van der Waals surface area contributed by atoms with Crippen LogP contribution in [0, 0.1) is 11.8 Å². The van der Waals surface area contributed by atoms with Crippen LogP contribution in [0.25, 0.3) is 0 Å². The third kappa shape index (κ3) is 4.94. The highest BCUT2D eigenvalue weighted by molar-refractivity contribution is 4.90. The Balaban J connectivity index is 2.00. The fourth-order valence-electron chi connectivity index (χ4n) is 4.10. The molecule has 21 heavy (non-hydrogen) atoms. The van der Waals surface area contributed by atoms with Crippen molar-refractivity contribution in [2.24, 2.45) is 11.8 Å². The van der Waals surface area contributed by atoms with E-state index < -0.39 is 0 Å². The van der Waals surface area contributed by atoms with Gasteiger partial charge in [-0.05, 0) is 51.5 Å². The second-order valence-corrected chi connectivity index (χ2v) is 7.51. The van der Waals surface area contributed by atoms with Gasteiger partial charge < -0.3 is 10.1 Å². The van der Waals surface area contributed by atoms with E-state index in [4.69, 9.17) is 4.74 Å². The zero-order valence-electron chi connectivity index (χ0n) is 14.6. The maximum atomic E-state index is 6.20. The van der Waals surface area contributed by atoms with Crippen molar-refractivity contribution >= 4 is 0 Å². The summed E-state index contributed by atoms with van der Waals surface area (Å²) in [5, 5.41) is 3.84. The van der Waals surface area contributed by atoms with E-state index >= 15 is 0 Å². The van der Waals surface area contributed by atoms with Gasteiger partial charge in [0, 0.05) is 25.2 Å². The molecule has 1 saturated heterocycles. The van der Waals surface area contributed by atoms with Crippen molar-refractivity contribution in [1.82, 2.24) is 10.2 Å². The first kappa shape index (κ1) is 17.2. The van der Waals surface area contributed by atoms with Crippen molar-refractivity contribution < 1.29 is 4.74 Å². The van der Waals surface area contributed by atoms with E-state index in [2.05, 4.69) is 37.9 Å². The van der Waals surface area contributed by atoms with Gasteiger partial charge in [-0.2, -0.15) is 0 Å². The molecule has 4 unspecified atom stereocenters. The topological polar surface area (TPSA) is 24.5 Å². The average Bonchev–Trinajstić information content (AvgIpc) is 2.48. The molecule has 2 fully saturated rings. The Hall–Kier alpha value is -0.120. The molecule has 2 aliphatic rings. The maximum absolute atomic E-state index is 6.20. The van der Waals surface area contributed by atoms with Crippen molar-refractivity contribution in [1.29, 1.82) is 0 Å². The molecule has 0 aromatic heterocycles. The SMILES string of the molecule is CCCNC(C1CCCC(C)C1)C1CN(C(C)C)CCO1. The minimum atomic E-state index is 0.378. The summed E-state index contributed by atoms with van der Waals surface area (Å²) in [5.74, 6) is 1.69. The van der Waals surface area contributed by atoms with Gasteiger partial charge in [-0.1, -0.05) is 26.7 Å². The summed E-state index contributed by atoms with van der Waals surface area (Å²) < 4.78 is 6.20. The fraction of sp³-hybridized carbons (Fsp3) is 1.00. The molecular weight excluding hydrogens is 260 g/mol. The Morgan fingerprint density at radius 1 is 1.29 bits per heavy atom. The standard InChI is InChI=1S/C18H36N2O/c1-5-9-19-18(16-8-6-7-15(4)12-16)17-13-20(14(2)3)10-11-21-17/h14-19H,5-13H2,1-4H3. The van der Waals surface area contributed by atoms with Crippen LogP contribution >= 0.6 is 0 Å². The molecule has 0 amide bonds. The van der Waals surface area contributed by atoms with Crippen molar-refractivity contribution in [2.45, 2.75) is 78.0 Å². The Morgan fingerprint density at radius 2 is 2.10 bits per heavy atom. The average molecular weight is 296 g/mol. The molecule has 1 N–H and O–H groups in total. The first-order valence-corrected chi connectivity index (χ1v) is 9.20. The normalized spacial score (nSPS) is 33.3. The van der Waals surface area contributed by atoms with Gasteiger partial charge in [0.2, 0.25) is 0 Å². The lowest BCUT2D eigenvalue weighted by molar-refractivity contribution is -0.0686. The molecule has 0 spiro atoms. The molecular formula is C18H36N2O. The van der Waals surface area contributed by atoms with Crippen LogP contribution in [0.1, 0.15) is 59.8 Å². The smallest absolute Gasteiger partial charge is 0.0858 e. The third-order valence-electron chi connectivity index (χ3n) is 5.37. The number of rotatable bonds is 6. The van der Waals surface area contributed by atoms with E-state index in [0.29, 0.717) is 18.2 Å². The minimum absolute atomic E-state index is 0.378. The third-order valence-corrected chi connectivity index (χ3v) is 5.37. The van der Waals surface area contributed by atoms with Crippen molar-refractivity contribution in [3.8, 4) is 0 Å². The van der Waals surface area contributed by atoms with Crippen LogP contribution in [0.5, 0.6) is 0 Å². The van der Waals surface area contributed by atoms with E-state index in [0.717, 1.165) is 38.1 Å². The molecule has 124 valence electrons. The van der Waals surface area contributed by atoms with Crippen LogP contribution in [0.15, 0.2) is 0 Å². The molecule has 4 atom stereocenters. The van der Waals surface area contributed by atoms with Gasteiger partial charge in [-0.3, -0.25) is 4.90 Å². The second kappa shape index (κ2) is 8.50. The van der Waals surface area contributed by atoms with Gasteiger partial charge in [0.15, 0.2) is 0 Å². The van der Waals surface area contributed by atoms with E-state index in [-0.39, 0.29) is 0 Å². The lowest BCUT2D eigenvalue weighted by atomic mass is 9.76. The fourth-order valence-corrected chi connectivity index (χ4v) is 4.10. The summed E-state index contributed by atoms with van der Waals surface area (Å²) in [6, 6.07) is 1.18. The van der Waals surface area contributed by atoms with E-state index in [1.807, 2.05) is 0 Å². The largest absolute Gasteiger partial charge is 0.374 e. The van der Waals surface area contributed by atoms with Gasteiger partial charge in [-0.15, -0.1) is 0 Å². The molecule has 1 saturated carbocycles. The quantitative estimate of drug-likeness (QED) is 0.814. The molecule has 3 heteroatoms. The summed E-state index contributed by atoms with van der Waals surface area (Å²) in [6.07, 6.45) is 7.16. The number of nitrogens with zero attached hydrogens (tertiary/aromatic N) is 1. The lowest BCUT2D eigenvalue weighted by Crippen LogP contribution is -2.56. The van der Waals surface area contributed by atoms with Crippen LogP contribution in [0.2, 0.25) is 0 Å². The Kier molecular flexibility index (Phi) is 6.97. The number of hydrogen-bond donors (Lipinski definition) is 1. The summed E-state index contributed by atoms with van der Waals surface area (Å²) in [4.78, 5) is 2.58. The van der Waals surface area contributed by atoms with Crippen molar-refractivity contribution in [2.75, 3.05) is 26.2 Å². The summed E-state index contributed by atoms with van der Waals surface area (Å²) in [5.41, 5.74) is 0. The molecule has 1 aliphatic heterocycles. The molecule has 0 bridgehead atoms. The minimum Gasteiger partial charge on any atom is -0.374 e. The highest BCUT2D eigenvalue weighted by Crippen LogP contribution is 2.33. The van der Waals surface area contributed by atoms with Crippen molar-refractivity contribution in [3.05, 3.63) is 0 Å². The predicted octanol–water partition coefficient (Wildman–Crippen LogP) is 3.29. The highest BCUT2D eigenvalue weighted by atomic mass is 16.5. The van der Waals surface area contributed by atoms with Gasteiger partial charge in [0.25, 0.3) is 0 Å². The van der Waals surface area contributed by atoms with Gasteiger partial charge >= 0.3 is 0 Å². The number of morpholine rings is 1. The molecule has 0 radical (unpaired) electrons. The lowest BCUT2D eigenvalue weighted by Gasteiger charge is -2.43. The highest BCUT2D eigenvalue weighted by Gasteiger charge is 2.35. The molecule has 1 heterocycles. The monoisotopic (exact) mass is 296 g/mol. The molecule has 0 aromatic rings. The van der Waals surface area contributed by atoms with E-state index in [1.165, 1.54) is 32.1 Å². The van der Waals surface area contributed by atoms with Gasteiger partial charge in [0.1, 0.15) is 0 Å². The molecule has 0 aromatic carbocycles.